The first-order valence-electron chi connectivity index (χ1n) is 11.8. The van der Waals surface area contributed by atoms with E-state index in [1.54, 1.807) is 4.90 Å². The van der Waals surface area contributed by atoms with Gasteiger partial charge in [0.25, 0.3) is 11.8 Å². The van der Waals surface area contributed by atoms with Gasteiger partial charge in [-0.2, -0.15) is 0 Å². The topological polar surface area (TPSA) is 113 Å². The summed E-state index contributed by atoms with van der Waals surface area (Å²) in [6.45, 7) is 5.01. The Morgan fingerprint density at radius 3 is 2.61 bits per heavy atom. The van der Waals surface area contributed by atoms with E-state index in [9.17, 15) is 28.3 Å². The third-order valence-electron chi connectivity index (χ3n) is 7.40. The van der Waals surface area contributed by atoms with Crippen LogP contribution in [-0.2, 0) is 11.4 Å². The number of amides is 2. The van der Waals surface area contributed by atoms with Crippen molar-refractivity contribution in [3.05, 3.63) is 62.6 Å². The van der Waals surface area contributed by atoms with E-state index in [4.69, 9.17) is 4.84 Å². The lowest BCUT2D eigenvalue weighted by Crippen LogP contribution is -2.52. The number of benzene rings is 1. The first kappa shape index (κ1) is 24.0. The van der Waals surface area contributed by atoms with Crippen LogP contribution in [0.4, 0.5) is 8.78 Å². The molecule has 1 fully saturated rings. The van der Waals surface area contributed by atoms with Crippen molar-refractivity contribution >= 4 is 17.5 Å². The van der Waals surface area contributed by atoms with Crippen LogP contribution in [0.25, 0.3) is 0 Å². The fourth-order valence-electron chi connectivity index (χ4n) is 5.45. The second-order valence-electron chi connectivity index (χ2n) is 9.89. The highest BCUT2D eigenvalue weighted by atomic mass is 19.1. The van der Waals surface area contributed by atoms with Crippen LogP contribution in [0.1, 0.15) is 71.1 Å². The lowest BCUT2D eigenvalue weighted by molar-refractivity contribution is -0.0655. The fourth-order valence-corrected chi connectivity index (χ4v) is 5.45. The number of pyridine rings is 1. The monoisotopic (exact) mass is 500 g/mol. The first-order valence-corrected chi connectivity index (χ1v) is 11.8. The minimum atomic E-state index is -1.04. The molecular formula is C25H26F2N4O5. The van der Waals surface area contributed by atoms with Gasteiger partial charge in [-0.05, 0) is 51.3 Å². The summed E-state index contributed by atoms with van der Waals surface area (Å²) < 4.78 is 29.9. The van der Waals surface area contributed by atoms with Gasteiger partial charge in [-0.3, -0.25) is 14.4 Å². The van der Waals surface area contributed by atoms with E-state index in [0.29, 0.717) is 24.8 Å². The molecule has 1 saturated heterocycles. The van der Waals surface area contributed by atoms with Gasteiger partial charge in [-0.25, -0.2) is 8.78 Å². The van der Waals surface area contributed by atoms with Gasteiger partial charge in [0.2, 0.25) is 5.43 Å². The molecule has 0 saturated carbocycles. The Labute approximate surface area is 205 Å². The minimum Gasteiger partial charge on any atom is -0.503 e. The van der Waals surface area contributed by atoms with E-state index >= 15 is 0 Å². The van der Waals surface area contributed by atoms with E-state index in [1.165, 1.54) is 17.7 Å². The minimum absolute atomic E-state index is 0.158. The van der Waals surface area contributed by atoms with Crippen molar-refractivity contribution in [3.8, 4) is 5.75 Å². The molecule has 3 aliphatic rings. The summed E-state index contributed by atoms with van der Waals surface area (Å²) in [4.78, 5) is 46.7. The molecule has 1 aromatic carbocycles. The Balaban J connectivity index is 1.55. The zero-order valence-corrected chi connectivity index (χ0v) is 20.1. The maximum Gasteiger partial charge on any atom is 0.274 e. The molecule has 11 heteroatoms. The maximum atomic E-state index is 14.2. The number of nitrogens with zero attached hydrogens (tertiary/aromatic N) is 3. The molecule has 9 nitrogen and oxygen atoms in total. The van der Waals surface area contributed by atoms with Crippen molar-refractivity contribution in [2.75, 3.05) is 6.54 Å². The van der Waals surface area contributed by atoms with Crippen LogP contribution in [-0.4, -0.2) is 50.3 Å². The summed E-state index contributed by atoms with van der Waals surface area (Å²) in [6.07, 6.45) is 2.92. The first-order chi connectivity index (χ1) is 17.0. The quantitative estimate of drug-likeness (QED) is 0.673. The van der Waals surface area contributed by atoms with Crippen LogP contribution in [0.5, 0.6) is 5.75 Å². The van der Waals surface area contributed by atoms with Crippen LogP contribution in [0.15, 0.2) is 28.3 Å². The third kappa shape index (κ3) is 3.64. The number of aromatic nitrogens is 1. The van der Waals surface area contributed by atoms with E-state index < -0.39 is 58.4 Å². The number of nitrogens with one attached hydrogen (secondary N) is 1. The smallest absolute Gasteiger partial charge is 0.274 e. The molecule has 4 heterocycles. The average molecular weight is 501 g/mol. The summed E-state index contributed by atoms with van der Waals surface area (Å²) in [7, 11) is 0. The second-order valence-corrected chi connectivity index (χ2v) is 9.89. The fraction of sp³-hybridized carbons (Fsp3) is 0.440. The van der Waals surface area contributed by atoms with Gasteiger partial charge in [-0.15, -0.1) is 0 Å². The number of oxime groups is 1. The van der Waals surface area contributed by atoms with Crippen LogP contribution in [0, 0.1) is 18.6 Å². The lowest BCUT2D eigenvalue weighted by atomic mass is 9.84. The van der Waals surface area contributed by atoms with Gasteiger partial charge < -0.3 is 24.7 Å². The van der Waals surface area contributed by atoms with Crippen molar-refractivity contribution in [2.24, 2.45) is 5.16 Å². The van der Waals surface area contributed by atoms with Crippen LogP contribution < -0.4 is 10.7 Å². The molecule has 5 rings (SSSR count). The average Bonchev–Trinajstić information content (AvgIpc) is 3.14. The highest BCUT2D eigenvalue weighted by Gasteiger charge is 2.53. The molecule has 0 radical (unpaired) electrons. The van der Waals surface area contributed by atoms with Crippen molar-refractivity contribution in [3.63, 3.8) is 0 Å². The number of aromatic hydroxyl groups is 1. The van der Waals surface area contributed by atoms with Crippen molar-refractivity contribution < 1.29 is 28.3 Å². The molecule has 1 aromatic heterocycles. The van der Waals surface area contributed by atoms with Crippen LogP contribution in [0.3, 0.4) is 0 Å². The molecule has 0 unspecified atom stereocenters. The van der Waals surface area contributed by atoms with Gasteiger partial charge in [0.1, 0.15) is 17.2 Å². The Morgan fingerprint density at radius 2 is 1.97 bits per heavy atom. The molecule has 3 aliphatic heterocycles. The normalized spacial score (nSPS) is 24.8. The summed E-state index contributed by atoms with van der Waals surface area (Å²) in [5.74, 6) is -3.96. The molecule has 2 bridgehead atoms. The predicted octanol–water partition coefficient (Wildman–Crippen LogP) is 2.78. The molecular weight excluding hydrogens is 474 g/mol. The van der Waals surface area contributed by atoms with E-state index in [2.05, 4.69) is 10.5 Å². The van der Waals surface area contributed by atoms with Gasteiger partial charge in [0, 0.05) is 37.3 Å². The predicted molar refractivity (Wildman–Crippen MR) is 125 cm³/mol. The van der Waals surface area contributed by atoms with Gasteiger partial charge in [-0.1, -0.05) is 5.16 Å². The van der Waals surface area contributed by atoms with E-state index in [0.717, 1.165) is 17.8 Å². The third-order valence-corrected chi connectivity index (χ3v) is 7.40. The molecule has 2 N–H and O–H groups in total. The largest absolute Gasteiger partial charge is 0.503 e. The molecule has 3 atom stereocenters. The molecule has 2 aromatic rings. The lowest BCUT2D eigenvalue weighted by Gasteiger charge is -2.41. The van der Waals surface area contributed by atoms with Gasteiger partial charge in [0.15, 0.2) is 17.0 Å². The molecule has 190 valence electrons. The van der Waals surface area contributed by atoms with Crippen LogP contribution in [0.2, 0.25) is 0 Å². The highest BCUT2D eigenvalue weighted by Crippen LogP contribution is 2.46. The van der Waals surface area contributed by atoms with Crippen molar-refractivity contribution in [1.82, 2.24) is 14.8 Å². The molecule has 36 heavy (non-hydrogen) atoms. The maximum absolute atomic E-state index is 14.2. The van der Waals surface area contributed by atoms with E-state index in [1.807, 2.05) is 13.8 Å². The summed E-state index contributed by atoms with van der Waals surface area (Å²) in [5.41, 5.74) is -1.72. The number of carbonyl (C=O) groups excluding carboxylic acids is 2. The van der Waals surface area contributed by atoms with E-state index in [-0.39, 0.29) is 23.8 Å². The number of fused-ring (bicyclic) bond motifs is 5. The Bertz CT molecular complexity index is 1360. The molecule has 1 spiro atoms. The number of halogens is 2. The number of hydrogen-bond acceptors (Lipinski definition) is 6. The summed E-state index contributed by atoms with van der Waals surface area (Å²) in [5, 5.41) is 17.3. The zero-order chi connectivity index (χ0) is 25.9. The SMILES string of the molecule is CC1=NO[C@@]2(CC[C@@H](C)N3C[C@H]2n2cc(C(=O)NCc4c(F)cc(C)cc4F)c(=O)c(O)c2C3=O)C1. The summed E-state index contributed by atoms with van der Waals surface area (Å²) in [6, 6.07) is 1.59. The molecule has 0 aliphatic carbocycles. The standard InChI is InChI=1S/C25H26F2N4O5/c1-12-6-17(26)15(18(27)7-12)9-28-23(34)16-10-31-19-11-30(24(35)20(31)22(33)21(16)32)14(3)4-5-25(19)8-13(2)29-36-25/h6-7,10,14,19,33H,4-5,8-9,11H2,1-3H3,(H,28,34)/t14-,19-,25+/m1/s1. The van der Waals surface area contributed by atoms with Crippen molar-refractivity contribution in [1.29, 1.82) is 0 Å². The Morgan fingerprint density at radius 1 is 1.28 bits per heavy atom. The summed E-state index contributed by atoms with van der Waals surface area (Å²) >= 11 is 0. The van der Waals surface area contributed by atoms with Crippen LogP contribution >= 0.6 is 0 Å². The van der Waals surface area contributed by atoms with Gasteiger partial charge >= 0.3 is 0 Å². The number of hydrogen-bond donors (Lipinski definition) is 2. The molecule has 2 amide bonds. The number of carbonyl (C=O) groups is 2. The van der Waals surface area contributed by atoms with Gasteiger partial charge in [0.05, 0.1) is 11.8 Å². The Hall–Kier alpha value is -3.76. The second kappa shape index (κ2) is 8.42. The number of rotatable bonds is 3. The zero-order valence-electron chi connectivity index (χ0n) is 20.1. The highest BCUT2D eigenvalue weighted by molar-refractivity contribution is 5.99. The Kier molecular flexibility index (Phi) is 5.60. The van der Waals surface area contributed by atoms with Crippen molar-refractivity contribution in [2.45, 2.75) is 64.3 Å². The number of aryl methyl sites for hydroxylation is 1.